The van der Waals surface area contributed by atoms with Gasteiger partial charge in [-0.2, -0.15) is 0 Å². The van der Waals surface area contributed by atoms with Crippen molar-refractivity contribution in [1.82, 2.24) is 15.0 Å². The molecule has 24 heavy (non-hydrogen) atoms. The lowest BCUT2D eigenvalue weighted by molar-refractivity contribution is 0.282. The van der Waals surface area contributed by atoms with Crippen molar-refractivity contribution in [1.29, 1.82) is 0 Å². The normalized spacial score (nSPS) is 13.6. The maximum Gasteiger partial charge on any atom is 0.0984 e. The van der Waals surface area contributed by atoms with Gasteiger partial charge in [0, 0.05) is 16.6 Å². The highest BCUT2D eigenvalue weighted by molar-refractivity contribution is 7.84. The maximum absolute atomic E-state index is 12.6. The van der Waals surface area contributed by atoms with Gasteiger partial charge in [0.15, 0.2) is 0 Å². The van der Waals surface area contributed by atoms with Crippen LogP contribution in [-0.4, -0.2) is 24.3 Å². The average molecular weight is 341 g/mol. The number of aliphatic hydroxyl groups excluding tert-OH is 1. The van der Waals surface area contributed by atoms with Crippen LogP contribution in [0.15, 0.2) is 60.8 Å². The van der Waals surface area contributed by atoms with E-state index in [1.165, 1.54) is 0 Å². The molecule has 0 radical (unpaired) electrons. The number of rotatable bonds is 6. The van der Waals surface area contributed by atoms with Gasteiger partial charge in [-0.3, -0.25) is 4.21 Å². The van der Waals surface area contributed by atoms with Crippen molar-refractivity contribution in [3.05, 3.63) is 77.6 Å². The monoisotopic (exact) mass is 341 g/mol. The van der Waals surface area contributed by atoms with Crippen molar-refractivity contribution in [2.75, 3.05) is 0 Å². The van der Waals surface area contributed by atoms with E-state index in [0.717, 1.165) is 16.8 Å². The third-order valence-electron chi connectivity index (χ3n) is 3.86. The number of aliphatic hydroxyl groups is 1. The second-order valence-electron chi connectivity index (χ2n) is 5.57. The molecule has 0 amide bonds. The van der Waals surface area contributed by atoms with Crippen LogP contribution in [0.5, 0.6) is 0 Å². The van der Waals surface area contributed by atoms with Crippen molar-refractivity contribution in [3.8, 4) is 5.69 Å². The molecule has 0 spiro atoms. The fourth-order valence-electron chi connectivity index (χ4n) is 2.33. The van der Waals surface area contributed by atoms with E-state index < -0.39 is 10.8 Å². The van der Waals surface area contributed by atoms with E-state index in [1.807, 2.05) is 67.7 Å². The summed E-state index contributed by atoms with van der Waals surface area (Å²) in [7, 11) is -1.10. The Bertz CT molecular complexity index is 816. The molecule has 1 heterocycles. The number of nitrogens with zero attached hydrogens (tertiary/aromatic N) is 3. The molecule has 5 nitrogen and oxygen atoms in total. The summed E-state index contributed by atoms with van der Waals surface area (Å²) in [6, 6.07) is 17.2. The molecule has 0 saturated carbocycles. The zero-order valence-corrected chi connectivity index (χ0v) is 14.2. The Balaban J connectivity index is 1.70. The molecule has 1 aromatic heterocycles. The molecule has 0 aliphatic rings. The summed E-state index contributed by atoms with van der Waals surface area (Å²) in [5, 5.41) is 17.2. The highest BCUT2D eigenvalue weighted by atomic mass is 32.2. The SMILES string of the molecule is CC(c1cn(-c2ccccc2)nn1)S(=O)Cc1ccc(CO)cc1. The molecule has 2 unspecified atom stereocenters. The highest BCUT2D eigenvalue weighted by Crippen LogP contribution is 2.21. The molecule has 0 aliphatic heterocycles. The Morgan fingerprint density at radius 3 is 2.42 bits per heavy atom. The lowest BCUT2D eigenvalue weighted by Gasteiger charge is -2.08. The average Bonchev–Trinajstić information content (AvgIpc) is 3.12. The van der Waals surface area contributed by atoms with Crippen LogP contribution in [0.25, 0.3) is 5.69 Å². The predicted octanol–water partition coefficient (Wildman–Crippen LogP) is 2.77. The van der Waals surface area contributed by atoms with Crippen molar-refractivity contribution in [2.24, 2.45) is 0 Å². The minimum absolute atomic E-state index is 0.0162. The number of hydrogen-bond acceptors (Lipinski definition) is 4. The van der Waals surface area contributed by atoms with Gasteiger partial charge in [-0.15, -0.1) is 5.10 Å². The molecule has 0 fully saturated rings. The van der Waals surface area contributed by atoms with Crippen LogP contribution in [0.3, 0.4) is 0 Å². The Morgan fingerprint density at radius 1 is 1.08 bits per heavy atom. The summed E-state index contributed by atoms with van der Waals surface area (Å²) >= 11 is 0. The molecular weight excluding hydrogens is 322 g/mol. The first-order chi connectivity index (χ1) is 11.7. The lowest BCUT2D eigenvalue weighted by Crippen LogP contribution is -2.06. The first kappa shape index (κ1) is 16.5. The Morgan fingerprint density at radius 2 is 1.75 bits per heavy atom. The largest absolute Gasteiger partial charge is 0.392 e. The molecule has 3 rings (SSSR count). The van der Waals surface area contributed by atoms with Gasteiger partial charge in [-0.25, -0.2) is 4.68 Å². The van der Waals surface area contributed by atoms with Crippen LogP contribution in [0, 0.1) is 0 Å². The van der Waals surface area contributed by atoms with Gasteiger partial charge >= 0.3 is 0 Å². The summed E-state index contributed by atoms with van der Waals surface area (Å²) in [5.74, 6) is 0.449. The van der Waals surface area contributed by atoms with E-state index >= 15 is 0 Å². The van der Waals surface area contributed by atoms with Crippen LogP contribution in [0.2, 0.25) is 0 Å². The first-order valence-corrected chi connectivity index (χ1v) is 9.09. The summed E-state index contributed by atoms with van der Waals surface area (Å²) in [4.78, 5) is 0. The van der Waals surface area contributed by atoms with E-state index in [2.05, 4.69) is 10.3 Å². The van der Waals surface area contributed by atoms with Gasteiger partial charge in [0.1, 0.15) is 0 Å². The molecule has 0 saturated heterocycles. The molecule has 1 N–H and O–H groups in total. The van der Waals surface area contributed by atoms with Crippen LogP contribution >= 0.6 is 0 Å². The van der Waals surface area contributed by atoms with Gasteiger partial charge in [0.05, 0.1) is 29.4 Å². The molecule has 2 atom stereocenters. The molecule has 0 aliphatic carbocycles. The van der Waals surface area contributed by atoms with Gasteiger partial charge in [-0.1, -0.05) is 47.7 Å². The zero-order chi connectivity index (χ0) is 16.9. The van der Waals surface area contributed by atoms with Crippen molar-refractivity contribution < 1.29 is 9.32 Å². The number of aromatic nitrogens is 3. The minimum Gasteiger partial charge on any atom is -0.392 e. The first-order valence-electron chi connectivity index (χ1n) is 7.71. The molecule has 6 heteroatoms. The standard InChI is InChI=1S/C18H19N3O2S/c1-14(24(23)13-16-9-7-15(12-22)8-10-16)18-11-21(20-19-18)17-5-3-2-4-6-17/h2-11,14,22H,12-13H2,1H3. The number of hydrogen-bond donors (Lipinski definition) is 1. The smallest absolute Gasteiger partial charge is 0.0984 e. The molecule has 2 aromatic carbocycles. The van der Waals surface area contributed by atoms with Crippen LogP contribution in [-0.2, 0) is 23.2 Å². The van der Waals surface area contributed by atoms with Crippen molar-refractivity contribution in [2.45, 2.75) is 24.5 Å². The summed E-state index contributed by atoms with van der Waals surface area (Å²) in [6.45, 7) is 1.92. The summed E-state index contributed by atoms with van der Waals surface area (Å²) in [5.41, 5.74) is 3.47. The Kier molecular flexibility index (Phi) is 5.17. The third kappa shape index (κ3) is 3.77. The molecule has 0 bridgehead atoms. The van der Waals surface area contributed by atoms with Gasteiger partial charge in [0.2, 0.25) is 0 Å². The summed E-state index contributed by atoms with van der Waals surface area (Å²) in [6.07, 6.45) is 1.83. The van der Waals surface area contributed by atoms with Gasteiger partial charge in [-0.05, 0) is 30.2 Å². The van der Waals surface area contributed by atoms with Crippen molar-refractivity contribution in [3.63, 3.8) is 0 Å². The Labute approximate surface area is 143 Å². The number of benzene rings is 2. The maximum atomic E-state index is 12.6. The van der Waals surface area contributed by atoms with E-state index in [4.69, 9.17) is 5.11 Å². The zero-order valence-electron chi connectivity index (χ0n) is 13.4. The van der Waals surface area contributed by atoms with E-state index in [-0.39, 0.29) is 11.9 Å². The van der Waals surface area contributed by atoms with Crippen molar-refractivity contribution >= 4 is 10.8 Å². The van der Waals surface area contributed by atoms with Crippen LogP contribution < -0.4 is 0 Å². The Hall–Kier alpha value is -2.31. The second kappa shape index (κ2) is 7.51. The van der Waals surface area contributed by atoms with Gasteiger partial charge < -0.3 is 5.11 Å². The molecule has 124 valence electrons. The number of para-hydroxylation sites is 1. The van der Waals surface area contributed by atoms with Crippen LogP contribution in [0.4, 0.5) is 0 Å². The quantitative estimate of drug-likeness (QED) is 0.748. The van der Waals surface area contributed by atoms with Crippen LogP contribution in [0.1, 0.15) is 29.0 Å². The lowest BCUT2D eigenvalue weighted by atomic mass is 10.2. The molecular formula is C18H19N3O2S. The van der Waals surface area contributed by atoms with E-state index in [0.29, 0.717) is 11.4 Å². The summed E-state index contributed by atoms with van der Waals surface area (Å²) < 4.78 is 14.3. The molecule has 3 aromatic rings. The fourth-order valence-corrected chi connectivity index (χ4v) is 3.48. The highest BCUT2D eigenvalue weighted by Gasteiger charge is 2.18. The van der Waals surface area contributed by atoms with E-state index in [9.17, 15) is 4.21 Å². The van der Waals surface area contributed by atoms with Gasteiger partial charge in [0.25, 0.3) is 0 Å². The predicted molar refractivity (Wildman–Crippen MR) is 94.0 cm³/mol. The third-order valence-corrected chi connectivity index (χ3v) is 5.51. The minimum atomic E-state index is -1.10. The second-order valence-corrected chi connectivity index (χ2v) is 7.32. The topological polar surface area (TPSA) is 68.0 Å². The fraction of sp³-hybridized carbons (Fsp3) is 0.222. The van der Waals surface area contributed by atoms with E-state index in [1.54, 1.807) is 4.68 Å².